The largest absolute Gasteiger partial charge is 0.481 e. The molecule has 0 saturated carbocycles. The molecule has 1 atom stereocenters. The van der Waals surface area contributed by atoms with E-state index in [1.165, 1.54) is 0 Å². The van der Waals surface area contributed by atoms with Crippen molar-refractivity contribution in [2.24, 2.45) is 22.4 Å². The molecule has 0 rings (SSSR count). The van der Waals surface area contributed by atoms with Gasteiger partial charge in [0.25, 0.3) is 0 Å². The first-order valence-electron chi connectivity index (χ1n) is 4.36. The number of rotatable bonds is 6. The second-order valence-electron chi connectivity index (χ2n) is 2.89. The monoisotopic (exact) mass is 187 g/mol. The average molecular weight is 187 g/mol. The van der Waals surface area contributed by atoms with Crippen LogP contribution in [-0.4, -0.2) is 23.6 Å². The van der Waals surface area contributed by atoms with Gasteiger partial charge < -0.3 is 16.6 Å². The number of carboxylic acid groups (broad SMARTS) is 1. The summed E-state index contributed by atoms with van der Waals surface area (Å²) in [5.41, 5.74) is 10.2. The Morgan fingerprint density at radius 2 is 2.15 bits per heavy atom. The van der Waals surface area contributed by atoms with Gasteiger partial charge in [-0.05, 0) is 19.3 Å². The van der Waals surface area contributed by atoms with Crippen LogP contribution in [0.5, 0.6) is 0 Å². The number of aliphatic imine (C=N–C) groups is 1. The molecule has 0 aliphatic heterocycles. The Morgan fingerprint density at radius 1 is 1.54 bits per heavy atom. The van der Waals surface area contributed by atoms with Crippen molar-refractivity contribution < 1.29 is 9.90 Å². The fourth-order valence-electron chi connectivity index (χ4n) is 1.05. The summed E-state index contributed by atoms with van der Waals surface area (Å²) < 4.78 is 0. The molecule has 0 aromatic rings. The lowest BCUT2D eigenvalue weighted by molar-refractivity contribution is -0.142. The average Bonchev–Trinajstić information content (AvgIpc) is 2.03. The highest BCUT2D eigenvalue weighted by Crippen LogP contribution is 2.10. The molecule has 0 bridgehead atoms. The second kappa shape index (κ2) is 6.28. The van der Waals surface area contributed by atoms with E-state index in [0.29, 0.717) is 25.8 Å². The molecule has 76 valence electrons. The standard InChI is InChI=1S/C8H17N3O2/c1-2-6(7(12)13)4-3-5-11-8(9)10/h6H,2-5H2,1H3,(H,12,13)(H4,9,10,11). The van der Waals surface area contributed by atoms with Gasteiger partial charge in [-0.25, -0.2) is 0 Å². The van der Waals surface area contributed by atoms with E-state index in [1.54, 1.807) is 0 Å². The summed E-state index contributed by atoms with van der Waals surface area (Å²) in [5.74, 6) is -0.954. The third-order valence-corrected chi connectivity index (χ3v) is 1.85. The third kappa shape index (κ3) is 5.95. The molecule has 0 aromatic carbocycles. The van der Waals surface area contributed by atoms with Crippen molar-refractivity contribution in [2.45, 2.75) is 26.2 Å². The Hall–Kier alpha value is -1.26. The first-order chi connectivity index (χ1) is 6.07. The quantitative estimate of drug-likeness (QED) is 0.313. The molecule has 0 spiro atoms. The van der Waals surface area contributed by atoms with E-state index in [0.717, 1.165) is 0 Å². The highest BCUT2D eigenvalue weighted by atomic mass is 16.4. The van der Waals surface area contributed by atoms with Crippen LogP contribution in [0.3, 0.4) is 0 Å². The number of carboxylic acids is 1. The molecule has 0 radical (unpaired) electrons. The van der Waals surface area contributed by atoms with Crippen molar-refractivity contribution in [2.75, 3.05) is 6.54 Å². The normalized spacial score (nSPS) is 12.1. The maximum absolute atomic E-state index is 10.6. The summed E-state index contributed by atoms with van der Waals surface area (Å²) in [6.45, 7) is 2.37. The van der Waals surface area contributed by atoms with Crippen LogP contribution in [0.2, 0.25) is 0 Å². The number of carbonyl (C=O) groups is 1. The maximum atomic E-state index is 10.6. The molecular weight excluding hydrogens is 170 g/mol. The van der Waals surface area contributed by atoms with Gasteiger partial charge in [0, 0.05) is 6.54 Å². The topological polar surface area (TPSA) is 102 Å². The molecule has 1 unspecified atom stereocenters. The van der Waals surface area contributed by atoms with E-state index in [2.05, 4.69) is 4.99 Å². The summed E-state index contributed by atoms with van der Waals surface area (Å²) in [7, 11) is 0. The van der Waals surface area contributed by atoms with Crippen molar-refractivity contribution >= 4 is 11.9 Å². The summed E-state index contributed by atoms with van der Waals surface area (Å²) in [6, 6.07) is 0. The van der Waals surface area contributed by atoms with Crippen LogP contribution in [0.4, 0.5) is 0 Å². The van der Waals surface area contributed by atoms with Gasteiger partial charge >= 0.3 is 5.97 Å². The number of nitrogens with zero attached hydrogens (tertiary/aromatic N) is 1. The number of nitrogens with two attached hydrogens (primary N) is 2. The smallest absolute Gasteiger partial charge is 0.306 e. The van der Waals surface area contributed by atoms with Gasteiger partial charge in [0.15, 0.2) is 5.96 Å². The Morgan fingerprint density at radius 3 is 2.54 bits per heavy atom. The Kier molecular flexibility index (Phi) is 5.67. The van der Waals surface area contributed by atoms with E-state index in [9.17, 15) is 4.79 Å². The lowest BCUT2D eigenvalue weighted by atomic mass is 10.0. The lowest BCUT2D eigenvalue weighted by Gasteiger charge is -2.07. The number of guanidine groups is 1. The van der Waals surface area contributed by atoms with E-state index >= 15 is 0 Å². The minimum Gasteiger partial charge on any atom is -0.481 e. The predicted molar refractivity (Wildman–Crippen MR) is 51.3 cm³/mol. The summed E-state index contributed by atoms with van der Waals surface area (Å²) in [5, 5.41) is 8.70. The first-order valence-corrected chi connectivity index (χ1v) is 4.36. The minimum atomic E-state index is -0.743. The van der Waals surface area contributed by atoms with Crippen molar-refractivity contribution in [1.82, 2.24) is 0 Å². The van der Waals surface area contributed by atoms with Crippen LogP contribution in [0.25, 0.3) is 0 Å². The molecule has 13 heavy (non-hydrogen) atoms. The molecule has 5 nitrogen and oxygen atoms in total. The van der Waals surface area contributed by atoms with Gasteiger partial charge in [-0.1, -0.05) is 6.92 Å². The predicted octanol–water partition coefficient (Wildman–Crippen LogP) is 0.151. The molecule has 5 N–H and O–H groups in total. The van der Waals surface area contributed by atoms with E-state index in [4.69, 9.17) is 16.6 Å². The summed E-state index contributed by atoms with van der Waals surface area (Å²) >= 11 is 0. The second-order valence-corrected chi connectivity index (χ2v) is 2.89. The molecule has 0 amide bonds. The first kappa shape index (κ1) is 11.7. The van der Waals surface area contributed by atoms with Gasteiger partial charge in [0.1, 0.15) is 0 Å². The van der Waals surface area contributed by atoms with Gasteiger partial charge in [-0.2, -0.15) is 0 Å². The fraction of sp³-hybridized carbons (Fsp3) is 0.750. The lowest BCUT2D eigenvalue weighted by Crippen LogP contribution is -2.23. The SMILES string of the molecule is CCC(CCCN=C(N)N)C(=O)O. The summed E-state index contributed by atoms with van der Waals surface area (Å²) in [4.78, 5) is 14.3. The Bertz CT molecular complexity index is 188. The Labute approximate surface area is 77.8 Å². The van der Waals surface area contributed by atoms with Gasteiger partial charge in [-0.15, -0.1) is 0 Å². The van der Waals surface area contributed by atoms with Crippen molar-refractivity contribution in [3.63, 3.8) is 0 Å². The molecule has 0 aromatic heterocycles. The van der Waals surface area contributed by atoms with Crippen LogP contribution in [0.15, 0.2) is 4.99 Å². The van der Waals surface area contributed by atoms with E-state index in [1.807, 2.05) is 6.92 Å². The molecular formula is C8H17N3O2. The fourth-order valence-corrected chi connectivity index (χ4v) is 1.05. The van der Waals surface area contributed by atoms with Crippen LogP contribution in [-0.2, 0) is 4.79 Å². The number of aliphatic carboxylic acids is 1. The molecule has 0 saturated heterocycles. The van der Waals surface area contributed by atoms with Gasteiger partial charge in [-0.3, -0.25) is 9.79 Å². The van der Waals surface area contributed by atoms with Crippen molar-refractivity contribution in [1.29, 1.82) is 0 Å². The highest BCUT2D eigenvalue weighted by Gasteiger charge is 2.13. The van der Waals surface area contributed by atoms with Crippen molar-refractivity contribution in [3.05, 3.63) is 0 Å². The molecule has 0 aliphatic rings. The van der Waals surface area contributed by atoms with Crippen LogP contribution in [0.1, 0.15) is 26.2 Å². The summed E-state index contributed by atoms with van der Waals surface area (Å²) in [6.07, 6.45) is 1.99. The minimum absolute atomic E-state index is 0.0587. The van der Waals surface area contributed by atoms with Crippen LogP contribution < -0.4 is 11.5 Å². The maximum Gasteiger partial charge on any atom is 0.306 e. The van der Waals surface area contributed by atoms with E-state index < -0.39 is 5.97 Å². The zero-order chi connectivity index (χ0) is 10.3. The molecule has 0 heterocycles. The zero-order valence-electron chi connectivity index (χ0n) is 7.86. The van der Waals surface area contributed by atoms with E-state index in [-0.39, 0.29) is 11.9 Å². The zero-order valence-corrected chi connectivity index (χ0v) is 7.86. The van der Waals surface area contributed by atoms with Gasteiger partial charge in [0.2, 0.25) is 0 Å². The highest BCUT2D eigenvalue weighted by molar-refractivity contribution is 5.75. The molecule has 5 heteroatoms. The van der Waals surface area contributed by atoms with Crippen LogP contribution in [0, 0.1) is 5.92 Å². The number of hydrogen-bond acceptors (Lipinski definition) is 2. The van der Waals surface area contributed by atoms with Crippen LogP contribution >= 0.6 is 0 Å². The Balaban J connectivity index is 3.62. The van der Waals surface area contributed by atoms with Gasteiger partial charge in [0.05, 0.1) is 5.92 Å². The molecule has 0 fully saturated rings. The molecule has 0 aliphatic carbocycles. The number of hydrogen-bond donors (Lipinski definition) is 3. The van der Waals surface area contributed by atoms with Crippen molar-refractivity contribution in [3.8, 4) is 0 Å². The third-order valence-electron chi connectivity index (χ3n) is 1.85.